The molecule has 0 aliphatic heterocycles. The molecule has 3 aromatic carbocycles. The molecule has 0 amide bonds. The molecular formula is C33H35Br. The zero-order chi connectivity index (χ0) is 24.1. The fraction of sp³-hybridized carbons (Fsp3) is 0.333. The number of hydrogen-bond acceptors (Lipinski definition) is 0. The highest BCUT2D eigenvalue weighted by molar-refractivity contribution is 9.10. The van der Waals surface area contributed by atoms with Crippen LogP contribution in [-0.2, 0) is 0 Å². The zero-order valence-corrected chi connectivity index (χ0v) is 22.8. The monoisotopic (exact) mass is 510 g/mol. The first-order chi connectivity index (χ1) is 16.2. The summed E-state index contributed by atoms with van der Waals surface area (Å²) in [5, 5.41) is 0. The van der Waals surface area contributed by atoms with Gasteiger partial charge in [0.2, 0.25) is 0 Å². The average molecular weight is 512 g/mol. The van der Waals surface area contributed by atoms with Gasteiger partial charge in [0.25, 0.3) is 0 Å². The third-order valence-electron chi connectivity index (χ3n) is 7.91. The summed E-state index contributed by atoms with van der Waals surface area (Å²) in [6.07, 6.45) is 5.97. The molecule has 0 nitrogen and oxygen atoms in total. The van der Waals surface area contributed by atoms with Crippen LogP contribution in [0.1, 0.15) is 105 Å². The average Bonchev–Trinajstić information content (AvgIpc) is 3.30. The van der Waals surface area contributed by atoms with Gasteiger partial charge in [0.15, 0.2) is 0 Å². The third-order valence-corrected chi connectivity index (χ3v) is 8.61. The molecule has 0 saturated carbocycles. The predicted octanol–water partition coefficient (Wildman–Crippen LogP) is 10.5. The summed E-state index contributed by atoms with van der Waals surface area (Å²) in [6, 6.07) is 20.8. The Kier molecular flexibility index (Phi) is 6.19. The van der Waals surface area contributed by atoms with Gasteiger partial charge in [-0.3, -0.25) is 0 Å². The molecule has 174 valence electrons. The topological polar surface area (TPSA) is 0 Å². The van der Waals surface area contributed by atoms with E-state index in [2.05, 4.69) is 124 Å². The minimum atomic E-state index is 0.464. The molecule has 0 spiro atoms. The highest BCUT2D eigenvalue weighted by Gasteiger charge is 2.31. The Morgan fingerprint density at radius 2 is 1.24 bits per heavy atom. The molecule has 0 radical (unpaired) electrons. The van der Waals surface area contributed by atoms with Crippen LogP contribution in [0.25, 0.3) is 23.3 Å². The maximum Gasteiger partial charge on any atom is 0.0250 e. The van der Waals surface area contributed by atoms with Gasteiger partial charge in [-0.1, -0.05) is 115 Å². The van der Waals surface area contributed by atoms with Crippen LogP contribution in [0, 0.1) is 0 Å². The molecule has 34 heavy (non-hydrogen) atoms. The molecule has 2 aliphatic rings. The van der Waals surface area contributed by atoms with Gasteiger partial charge in [-0.2, -0.15) is 0 Å². The summed E-state index contributed by atoms with van der Waals surface area (Å²) >= 11 is 3.76. The maximum atomic E-state index is 3.76. The van der Waals surface area contributed by atoms with E-state index < -0.39 is 0 Å². The van der Waals surface area contributed by atoms with Crippen LogP contribution in [-0.4, -0.2) is 0 Å². The molecule has 1 heteroatoms. The minimum absolute atomic E-state index is 0.464. The number of halogens is 1. The summed E-state index contributed by atoms with van der Waals surface area (Å²) in [5.41, 5.74) is 14.3. The van der Waals surface area contributed by atoms with E-state index in [1.807, 2.05) is 0 Å². The van der Waals surface area contributed by atoms with Crippen molar-refractivity contribution in [1.82, 2.24) is 0 Å². The van der Waals surface area contributed by atoms with Crippen molar-refractivity contribution in [2.24, 2.45) is 0 Å². The summed E-state index contributed by atoms with van der Waals surface area (Å²) in [6.45, 7) is 13.8. The summed E-state index contributed by atoms with van der Waals surface area (Å²) in [7, 11) is 0. The zero-order valence-electron chi connectivity index (χ0n) is 21.2. The van der Waals surface area contributed by atoms with Gasteiger partial charge in [-0.05, 0) is 82.7 Å². The van der Waals surface area contributed by atoms with Crippen molar-refractivity contribution >= 4 is 28.1 Å². The Hall–Kier alpha value is -2.38. The lowest BCUT2D eigenvalue weighted by Crippen LogP contribution is -2.06. The van der Waals surface area contributed by atoms with Crippen LogP contribution < -0.4 is 0 Å². The van der Waals surface area contributed by atoms with Crippen LogP contribution in [0.5, 0.6) is 0 Å². The molecule has 3 aromatic rings. The first-order valence-corrected chi connectivity index (χ1v) is 13.5. The number of benzene rings is 3. The molecule has 0 heterocycles. The second-order valence-corrected chi connectivity index (χ2v) is 11.7. The molecule has 0 fully saturated rings. The normalized spacial score (nSPS) is 18.9. The van der Waals surface area contributed by atoms with Crippen molar-refractivity contribution in [3.05, 3.63) is 104 Å². The molecule has 0 saturated heterocycles. The number of rotatable bonds is 5. The van der Waals surface area contributed by atoms with Crippen molar-refractivity contribution < 1.29 is 0 Å². The first kappa shape index (κ1) is 23.4. The molecule has 0 aromatic heterocycles. The molecular weight excluding hydrogens is 476 g/mol. The molecule has 2 atom stereocenters. The van der Waals surface area contributed by atoms with Gasteiger partial charge in [-0.15, -0.1) is 0 Å². The van der Waals surface area contributed by atoms with Crippen LogP contribution in [0.15, 0.2) is 70.2 Å². The standard InChI is InChI=1S/C33H35Br/c1-19(2)23-15-24(20(3)4)17-25(16-23)26-9-7-10-27-29(21(5)13-31(26)27)18-30-22(6)14-32-28(30)11-8-12-33(32)34/h7-17,19-20,29-30H,18H2,1-6H3. The number of allylic oxidation sites excluding steroid dienone is 2. The van der Waals surface area contributed by atoms with E-state index in [0.717, 1.165) is 6.42 Å². The van der Waals surface area contributed by atoms with E-state index in [9.17, 15) is 0 Å². The summed E-state index contributed by atoms with van der Waals surface area (Å²) < 4.78 is 1.21. The molecule has 0 N–H and O–H groups in total. The SMILES string of the molecule is CC1=Cc2c(Br)cccc2C1CC1C(C)=Cc2c(-c3cc(C(C)C)cc(C(C)C)c3)cccc21. The van der Waals surface area contributed by atoms with Gasteiger partial charge in [0, 0.05) is 16.3 Å². The lowest BCUT2D eigenvalue weighted by Gasteiger charge is -2.22. The number of hydrogen-bond donors (Lipinski definition) is 0. The van der Waals surface area contributed by atoms with Crippen LogP contribution in [0.2, 0.25) is 0 Å². The second kappa shape index (κ2) is 9.00. The third kappa shape index (κ3) is 4.03. The van der Waals surface area contributed by atoms with Crippen molar-refractivity contribution in [3.63, 3.8) is 0 Å². The second-order valence-electron chi connectivity index (χ2n) is 10.9. The number of fused-ring (bicyclic) bond motifs is 2. The van der Waals surface area contributed by atoms with E-state index in [1.54, 1.807) is 0 Å². The summed E-state index contributed by atoms with van der Waals surface area (Å²) in [4.78, 5) is 0. The fourth-order valence-electron chi connectivity index (χ4n) is 5.82. The molecule has 2 unspecified atom stereocenters. The predicted molar refractivity (Wildman–Crippen MR) is 152 cm³/mol. The highest BCUT2D eigenvalue weighted by atomic mass is 79.9. The molecule has 2 aliphatic carbocycles. The van der Waals surface area contributed by atoms with Crippen LogP contribution >= 0.6 is 15.9 Å². The van der Waals surface area contributed by atoms with E-state index in [0.29, 0.717) is 23.7 Å². The van der Waals surface area contributed by atoms with Crippen LogP contribution in [0.3, 0.4) is 0 Å². The molecule has 0 bridgehead atoms. The lowest BCUT2D eigenvalue weighted by molar-refractivity contribution is 0.642. The van der Waals surface area contributed by atoms with Crippen LogP contribution in [0.4, 0.5) is 0 Å². The maximum absolute atomic E-state index is 3.76. The smallest absolute Gasteiger partial charge is 0.0250 e. The largest absolute Gasteiger partial charge is 0.0651 e. The Bertz CT molecular complexity index is 1290. The van der Waals surface area contributed by atoms with Crippen molar-refractivity contribution in [2.75, 3.05) is 0 Å². The van der Waals surface area contributed by atoms with Crippen molar-refractivity contribution in [3.8, 4) is 11.1 Å². The Morgan fingerprint density at radius 1 is 0.706 bits per heavy atom. The first-order valence-electron chi connectivity index (χ1n) is 12.7. The Morgan fingerprint density at radius 3 is 1.82 bits per heavy atom. The van der Waals surface area contributed by atoms with Gasteiger partial charge in [-0.25, -0.2) is 0 Å². The summed E-state index contributed by atoms with van der Waals surface area (Å²) in [5.74, 6) is 1.99. The fourth-order valence-corrected chi connectivity index (χ4v) is 6.31. The molecule has 5 rings (SSSR count). The van der Waals surface area contributed by atoms with Crippen molar-refractivity contribution in [1.29, 1.82) is 0 Å². The van der Waals surface area contributed by atoms with Gasteiger partial charge < -0.3 is 0 Å². The highest BCUT2D eigenvalue weighted by Crippen LogP contribution is 2.50. The van der Waals surface area contributed by atoms with Gasteiger partial charge in [0.05, 0.1) is 0 Å². The minimum Gasteiger partial charge on any atom is -0.0651 e. The van der Waals surface area contributed by atoms with E-state index in [4.69, 9.17) is 0 Å². The Labute approximate surface area is 213 Å². The van der Waals surface area contributed by atoms with Gasteiger partial charge in [0.1, 0.15) is 0 Å². The van der Waals surface area contributed by atoms with E-state index in [-0.39, 0.29) is 0 Å². The van der Waals surface area contributed by atoms with E-state index in [1.165, 1.54) is 60.1 Å². The van der Waals surface area contributed by atoms with E-state index >= 15 is 0 Å². The van der Waals surface area contributed by atoms with Gasteiger partial charge >= 0.3 is 0 Å². The van der Waals surface area contributed by atoms with Crippen molar-refractivity contribution in [2.45, 2.75) is 71.6 Å². The Balaban J connectivity index is 1.55. The lowest BCUT2D eigenvalue weighted by atomic mass is 9.81. The quantitative estimate of drug-likeness (QED) is 0.320.